The fraction of sp³-hybridized carbons (Fsp3) is 0.150. The van der Waals surface area contributed by atoms with Gasteiger partial charge in [0.15, 0.2) is 0 Å². The number of nitriles is 1. The van der Waals surface area contributed by atoms with Crippen LogP contribution in [0.1, 0.15) is 17.9 Å². The number of thioether (sulfide) groups is 1. The Morgan fingerprint density at radius 1 is 1.32 bits per heavy atom. The largest absolute Gasteiger partial charge is 0.325 e. The van der Waals surface area contributed by atoms with E-state index in [9.17, 15) is 19.2 Å². The van der Waals surface area contributed by atoms with Crippen LogP contribution in [0.15, 0.2) is 59.1 Å². The van der Waals surface area contributed by atoms with Gasteiger partial charge in [0, 0.05) is 23.0 Å². The van der Waals surface area contributed by atoms with Crippen molar-refractivity contribution in [2.75, 3.05) is 11.1 Å². The van der Waals surface area contributed by atoms with Crippen LogP contribution in [0.2, 0.25) is 5.02 Å². The Kier molecular flexibility index (Phi) is 6.34. The maximum absolute atomic E-state index is 13.2. The molecule has 8 heteroatoms. The number of amides is 2. The molecule has 2 N–H and O–H groups in total. The molecular weight excluding hydrogens is 401 g/mol. The van der Waals surface area contributed by atoms with E-state index >= 15 is 0 Å². The summed E-state index contributed by atoms with van der Waals surface area (Å²) in [5, 5.41) is 15.8. The highest BCUT2D eigenvalue weighted by molar-refractivity contribution is 8.03. The number of hydrogen-bond acceptors (Lipinski definition) is 4. The number of benzene rings is 2. The number of allylic oxidation sites excluding steroid dienone is 1. The second-order valence-electron chi connectivity index (χ2n) is 6.06. The fourth-order valence-corrected chi connectivity index (χ4v) is 3.88. The lowest BCUT2D eigenvalue weighted by Gasteiger charge is -2.25. The minimum atomic E-state index is -0.474. The van der Waals surface area contributed by atoms with Crippen LogP contribution in [-0.4, -0.2) is 17.6 Å². The summed E-state index contributed by atoms with van der Waals surface area (Å²) in [6, 6.07) is 14.6. The van der Waals surface area contributed by atoms with Crippen LogP contribution in [0.5, 0.6) is 0 Å². The molecule has 28 heavy (non-hydrogen) atoms. The van der Waals surface area contributed by atoms with Gasteiger partial charge in [-0.1, -0.05) is 41.6 Å². The summed E-state index contributed by atoms with van der Waals surface area (Å²) in [5.41, 5.74) is 1.59. The van der Waals surface area contributed by atoms with Crippen LogP contribution in [0, 0.1) is 17.1 Å². The fourth-order valence-electron chi connectivity index (χ4n) is 2.81. The minimum Gasteiger partial charge on any atom is -0.325 e. The number of nitrogens with one attached hydrogen (secondary N) is 2. The predicted molar refractivity (Wildman–Crippen MR) is 107 cm³/mol. The first kappa shape index (κ1) is 19.9. The maximum atomic E-state index is 13.2. The van der Waals surface area contributed by atoms with Crippen LogP contribution in [-0.2, 0) is 9.59 Å². The summed E-state index contributed by atoms with van der Waals surface area (Å²) in [6.07, 6.45) is 0.0906. The van der Waals surface area contributed by atoms with Crippen molar-refractivity contribution in [2.45, 2.75) is 12.3 Å². The van der Waals surface area contributed by atoms with Gasteiger partial charge < -0.3 is 10.6 Å². The minimum absolute atomic E-state index is 0.00342. The Bertz CT molecular complexity index is 986. The Labute approximate surface area is 170 Å². The van der Waals surface area contributed by atoms with Gasteiger partial charge >= 0.3 is 0 Å². The molecule has 5 nitrogen and oxygen atoms in total. The molecule has 3 rings (SSSR count). The Morgan fingerprint density at radius 3 is 2.75 bits per heavy atom. The second kappa shape index (κ2) is 8.91. The van der Waals surface area contributed by atoms with Crippen molar-refractivity contribution >= 4 is 40.9 Å². The molecule has 0 unspecified atom stereocenters. The molecule has 0 saturated heterocycles. The molecule has 0 saturated carbocycles. The van der Waals surface area contributed by atoms with Crippen molar-refractivity contribution < 1.29 is 14.0 Å². The summed E-state index contributed by atoms with van der Waals surface area (Å²) in [4.78, 5) is 24.3. The van der Waals surface area contributed by atoms with Crippen molar-refractivity contribution in [3.63, 3.8) is 0 Å². The third-order valence-electron chi connectivity index (χ3n) is 4.08. The van der Waals surface area contributed by atoms with E-state index in [1.807, 2.05) is 0 Å². The number of nitrogens with zero attached hydrogens (tertiary/aromatic N) is 1. The lowest BCUT2D eigenvalue weighted by Crippen LogP contribution is -2.31. The molecule has 1 aliphatic rings. The van der Waals surface area contributed by atoms with Crippen molar-refractivity contribution in [1.29, 1.82) is 5.26 Å². The highest BCUT2D eigenvalue weighted by Crippen LogP contribution is 2.36. The third kappa shape index (κ3) is 4.91. The van der Waals surface area contributed by atoms with Crippen LogP contribution < -0.4 is 10.6 Å². The maximum Gasteiger partial charge on any atom is 0.234 e. The van der Waals surface area contributed by atoms with Crippen LogP contribution >= 0.6 is 23.4 Å². The van der Waals surface area contributed by atoms with E-state index in [1.54, 1.807) is 36.4 Å². The molecular formula is C20H15ClFN3O2S. The Hall–Kier alpha value is -2.82. The molecule has 2 amide bonds. The second-order valence-corrected chi connectivity index (χ2v) is 7.48. The zero-order chi connectivity index (χ0) is 20.1. The SMILES string of the molecule is N#CC1=C(SCC(=O)Nc2cccc(Cl)c2)NC(=O)C[C@H]1c1ccc(F)cc1. The quantitative estimate of drug-likeness (QED) is 0.767. The van der Waals surface area contributed by atoms with Crippen molar-refractivity contribution in [1.82, 2.24) is 5.32 Å². The van der Waals surface area contributed by atoms with E-state index in [4.69, 9.17) is 11.6 Å². The topological polar surface area (TPSA) is 82.0 Å². The van der Waals surface area contributed by atoms with Gasteiger partial charge in [0.25, 0.3) is 0 Å². The monoisotopic (exact) mass is 415 g/mol. The zero-order valence-electron chi connectivity index (χ0n) is 14.5. The third-order valence-corrected chi connectivity index (χ3v) is 5.34. The van der Waals surface area contributed by atoms with E-state index in [0.717, 1.165) is 11.8 Å². The van der Waals surface area contributed by atoms with Crippen LogP contribution in [0.3, 0.4) is 0 Å². The number of hydrogen-bond donors (Lipinski definition) is 2. The van der Waals surface area contributed by atoms with Crippen LogP contribution in [0.4, 0.5) is 10.1 Å². The highest BCUT2D eigenvalue weighted by Gasteiger charge is 2.29. The Morgan fingerprint density at radius 2 is 2.07 bits per heavy atom. The number of halogens is 2. The molecule has 0 aliphatic carbocycles. The number of carbonyl (C=O) groups excluding carboxylic acids is 2. The summed E-state index contributed by atoms with van der Waals surface area (Å²) in [6.45, 7) is 0. The smallest absolute Gasteiger partial charge is 0.234 e. The first-order valence-corrected chi connectivity index (χ1v) is 9.70. The predicted octanol–water partition coefficient (Wildman–Crippen LogP) is 4.19. The van der Waals surface area contributed by atoms with Gasteiger partial charge in [-0.15, -0.1) is 0 Å². The highest BCUT2D eigenvalue weighted by atomic mass is 35.5. The van der Waals surface area contributed by atoms with E-state index < -0.39 is 11.7 Å². The van der Waals surface area contributed by atoms with Gasteiger partial charge in [0.2, 0.25) is 11.8 Å². The summed E-state index contributed by atoms with van der Waals surface area (Å²) < 4.78 is 13.2. The summed E-state index contributed by atoms with van der Waals surface area (Å²) in [5.74, 6) is -1.42. The van der Waals surface area contributed by atoms with Gasteiger partial charge in [-0.25, -0.2) is 4.39 Å². The first-order chi connectivity index (χ1) is 13.5. The molecule has 0 bridgehead atoms. The van der Waals surface area contributed by atoms with Crippen molar-refractivity contribution in [2.24, 2.45) is 0 Å². The lowest BCUT2D eigenvalue weighted by molar-refractivity contribution is -0.121. The molecule has 0 spiro atoms. The molecule has 142 valence electrons. The summed E-state index contributed by atoms with van der Waals surface area (Å²) >= 11 is 6.97. The summed E-state index contributed by atoms with van der Waals surface area (Å²) in [7, 11) is 0. The number of rotatable bonds is 5. The van der Waals surface area contributed by atoms with Crippen molar-refractivity contribution in [3.8, 4) is 6.07 Å². The number of carbonyl (C=O) groups is 2. The van der Waals surface area contributed by atoms with Gasteiger partial charge in [-0.3, -0.25) is 9.59 Å². The first-order valence-electron chi connectivity index (χ1n) is 8.34. The lowest BCUT2D eigenvalue weighted by atomic mass is 9.87. The number of anilines is 1. The Balaban J connectivity index is 1.74. The van der Waals surface area contributed by atoms with E-state index in [2.05, 4.69) is 16.7 Å². The van der Waals surface area contributed by atoms with Gasteiger partial charge in [0.1, 0.15) is 5.82 Å². The molecule has 1 aliphatic heterocycles. The van der Waals surface area contributed by atoms with Gasteiger partial charge in [-0.2, -0.15) is 5.26 Å². The van der Waals surface area contributed by atoms with E-state index in [1.165, 1.54) is 12.1 Å². The molecule has 0 fully saturated rings. The van der Waals surface area contributed by atoms with Crippen molar-refractivity contribution in [3.05, 3.63) is 75.5 Å². The van der Waals surface area contributed by atoms with Crippen LogP contribution in [0.25, 0.3) is 0 Å². The van der Waals surface area contributed by atoms with Gasteiger partial charge in [0.05, 0.1) is 22.4 Å². The zero-order valence-corrected chi connectivity index (χ0v) is 16.1. The van der Waals surface area contributed by atoms with E-state index in [-0.39, 0.29) is 24.0 Å². The molecule has 0 radical (unpaired) electrons. The molecule has 2 aromatic carbocycles. The van der Waals surface area contributed by atoms with E-state index in [0.29, 0.717) is 26.9 Å². The molecule has 1 atom stereocenters. The molecule has 1 heterocycles. The molecule has 0 aromatic heterocycles. The standard InChI is InChI=1S/C20H15ClFN3O2S/c21-13-2-1-3-15(8-13)24-19(27)11-28-20-17(10-23)16(9-18(26)25-20)12-4-6-14(22)7-5-12/h1-8,16H,9,11H2,(H,24,27)(H,25,26)/t16-/m0/s1. The average Bonchev–Trinajstić information content (AvgIpc) is 2.66. The molecule has 2 aromatic rings. The van der Waals surface area contributed by atoms with Gasteiger partial charge in [-0.05, 0) is 35.9 Å². The normalized spacial score (nSPS) is 16.3. The average molecular weight is 416 g/mol.